The van der Waals surface area contributed by atoms with Crippen LogP contribution in [0.1, 0.15) is 11.1 Å². The molecule has 1 heterocycles. The maximum atomic E-state index is 13.9. The summed E-state index contributed by atoms with van der Waals surface area (Å²) in [5.74, 6) is 0.202. The zero-order valence-electron chi connectivity index (χ0n) is 13.6. The number of hydrogen-bond acceptors (Lipinski definition) is 5. The minimum Gasteiger partial charge on any atom is -0.467 e. The zero-order chi connectivity index (χ0) is 18.0. The Morgan fingerprint density at radius 2 is 1.84 bits per heavy atom. The average Bonchev–Trinajstić information content (AvgIpc) is 2.64. The van der Waals surface area contributed by atoms with Crippen molar-refractivity contribution in [3.05, 3.63) is 58.4 Å². The molecule has 25 heavy (non-hydrogen) atoms. The number of nitrogens with zero attached hydrogens (tertiary/aromatic N) is 3. The number of aliphatic hydroxyl groups is 1. The van der Waals surface area contributed by atoms with Crippen molar-refractivity contribution < 1.29 is 14.2 Å². The third-order valence-electron chi connectivity index (χ3n) is 3.68. The molecule has 1 aromatic heterocycles. The summed E-state index contributed by atoms with van der Waals surface area (Å²) in [4.78, 5) is 12.8. The van der Waals surface area contributed by atoms with Crippen LogP contribution in [-0.4, -0.2) is 27.2 Å². The van der Waals surface area contributed by atoms with Crippen LogP contribution in [0, 0.1) is 12.7 Å². The molecule has 5 nitrogen and oxygen atoms in total. The highest BCUT2D eigenvalue weighted by Gasteiger charge is 2.14. The van der Waals surface area contributed by atoms with Crippen LogP contribution in [0.2, 0.25) is 5.02 Å². The van der Waals surface area contributed by atoms with Gasteiger partial charge in [-0.1, -0.05) is 29.8 Å². The van der Waals surface area contributed by atoms with Crippen molar-refractivity contribution in [2.24, 2.45) is 0 Å². The second-order valence-electron chi connectivity index (χ2n) is 5.41. The van der Waals surface area contributed by atoms with E-state index in [-0.39, 0.29) is 30.1 Å². The molecule has 7 heteroatoms. The minimum absolute atomic E-state index is 0.0893. The molecule has 0 spiro atoms. The molecule has 0 saturated carbocycles. The van der Waals surface area contributed by atoms with Gasteiger partial charge < -0.3 is 9.84 Å². The van der Waals surface area contributed by atoms with Crippen LogP contribution in [0.15, 0.2) is 36.4 Å². The highest BCUT2D eigenvalue weighted by molar-refractivity contribution is 6.33. The summed E-state index contributed by atoms with van der Waals surface area (Å²) in [5.41, 5.74) is 2.23. The highest BCUT2D eigenvalue weighted by Crippen LogP contribution is 2.29. The van der Waals surface area contributed by atoms with Crippen molar-refractivity contribution in [1.29, 1.82) is 0 Å². The maximum Gasteiger partial charge on any atom is 0.320 e. The van der Waals surface area contributed by atoms with Crippen molar-refractivity contribution in [2.75, 3.05) is 7.11 Å². The summed E-state index contributed by atoms with van der Waals surface area (Å²) in [6, 6.07) is 9.88. The summed E-state index contributed by atoms with van der Waals surface area (Å²) in [7, 11) is 1.43. The van der Waals surface area contributed by atoms with Crippen LogP contribution in [0.4, 0.5) is 4.39 Å². The number of hydrogen-bond donors (Lipinski definition) is 1. The Morgan fingerprint density at radius 1 is 1.08 bits per heavy atom. The molecular weight excluding hydrogens is 345 g/mol. The van der Waals surface area contributed by atoms with Gasteiger partial charge in [-0.2, -0.15) is 9.97 Å². The molecule has 2 aromatic carbocycles. The van der Waals surface area contributed by atoms with Crippen LogP contribution >= 0.6 is 11.6 Å². The third kappa shape index (κ3) is 3.60. The predicted molar refractivity (Wildman–Crippen MR) is 92.9 cm³/mol. The van der Waals surface area contributed by atoms with Crippen molar-refractivity contribution in [3.8, 4) is 28.8 Å². The van der Waals surface area contributed by atoms with E-state index in [0.29, 0.717) is 27.3 Å². The molecule has 0 fully saturated rings. The first-order valence-corrected chi connectivity index (χ1v) is 7.86. The quantitative estimate of drug-likeness (QED) is 0.767. The van der Waals surface area contributed by atoms with E-state index in [2.05, 4.69) is 15.0 Å². The fraction of sp³-hybridized carbons (Fsp3) is 0.167. The number of benzene rings is 2. The Kier molecular flexibility index (Phi) is 4.92. The molecule has 0 aliphatic carbocycles. The molecule has 0 atom stereocenters. The van der Waals surface area contributed by atoms with Crippen LogP contribution < -0.4 is 4.74 Å². The molecule has 0 radical (unpaired) electrons. The lowest BCUT2D eigenvalue weighted by atomic mass is 10.1. The Balaban J connectivity index is 2.17. The monoisotopic (exact) mass is 359 g/mol. The number of halogens is 2. The number of ether oxygens (including phenoxy) is 1. The number of aromatic nitrogens is 3. The van der Waals surface area contributed by atoms with Crippen molar-refractivity contribution in [3.63, 3.8) is 0 Å². The molecule has 0 unspecified atom stereocenters. The number of aryl methyl sites for hydroxylation is 1. The van der Waals surface area contributed by atoms with Crippen LogP contribution in [0.5, 0.6) is 6.01 Å². The second kappa shape index (κ2) is 7.13. The molecule has 0 amide bonds. The summed E-state index contributed by atoms with van der Waals surface area (Å²) in [5, 5.41) is 9.75. The van der Waals surface area contributed by atoms with Crippen molar-refractivity contribution >= 4 is 11.6 Å². The fourth-order valence-electron chi connectivity index (χ4n) is 2.27. The van der Waals surface area contributed by atoms with E-state index in [4.69, 9.17) is 16.3 Å². The molecule has 0 aliphatic heterocycles. The van der Waals surface area contributed by atoms with Gasteiger partial charge in [0.2, 0.25) is 0 Å². The molecule has 0 bridgehead atoms. The van der Waals surface area contributed by atoms with E-state index < -0.39 is 0 Å². The molecular formula is C18H15ClFN3O2. The fourth-order valence-corrected chi connectivity index (χ4v) is 2.47. The molecule has 0 saturated heterocycles. The maximum absolute atomic E-state index is 13.9. The third-order valence-corrected chi connectivity index (χ3v) is 4.01. The molecule has 0 aliphatic rings. The first-order valence-electron chi connectivity index (χ1n) is 7.48. The van der Waals surface area contributed by atoms with Gasteiger partial charge in [0.05, 0.1) is 18.7 Å². The van der Waals surface area contributed by atoms with Gasteiger partial charge in [0, 0.05) is 11.1 Å². The lowest BCUT2D eigenvalue weighted by Crippen LogP contribution is -2.01. The zero-order valence-corrected chi connectivity index (χ0v) is 14.4. The first kappa shape index (κ1) is 17.3. The number of methoxy groups -OCH3 is 1. The van der Waals surface area contributed by atoms with Gasteiger partial charge in [0.25, 0.3) is 0 Å². The summed E-state index contributed by atoms with van der Waals surface area (Å²) < 4.78 is 19.0. The highest BCUT2D eigenvalue weighted by atomic mass is 35.5. The van der Waals surface area contributed by atoms with E-state index in [0.717, 1.165) is 0 Å². The molecule has 3 aromatic rings. The summed E-state index contributed by atoms with van der Waals surface area (Å²) in [6.45, 7) is 1.54. The number of aliphatic hydroxyl groups excluding tert-OH is 1. The molecule has 1 N–H and O–H groups in total. The van der Waals surface area contributed by atoms with Crippen molar-refractivity contribution in [2.45, 2.75) is 13.5 Å². The van der Waals surface area contributed by atoms with Gasteiger partial charge in [-0.25, -0.2) is 9.37 Å². The largest absolute Gasteiger partial charge is 0.467 e. The van der Waals surface area contributed by atoms with E-state index in [1.165, 1.54) is 13.2 Å². The first-order chi connectivity index (χ1) is 12.0. The average molecular weight is 360 g/mol. The smallest absolute Gasteiger partial charge is 0.320 e. The van der Waals surface area contributed by atoms with E-state index in [9.17, 15) is 9.50 Å². The van der Waals surface area contributed by atoms with Crippen LogP contribution in [0.3, 0.4) is 0 Å². The van der Waals surface area contributed by atoms with Gasteiger partial charge in [0.15, 0.2) is 11.6 Å². The molecule has 128 valence electrons. The van der Waals surface area contributed by atoms with Crippen molar-refractivity contribution in [1.82, 2.24) is 15.0 Å². The summed E-state index contributed by atoms with van der Waals surface area (Å²) in [6.07, 6.45) is 0. The van der Waals surface area contributed by atoms with E-state index in [1.54, 1.807) is 37.3 Å². The predicted octanol–water partition coefficient (Wildman–Crippen LogP) is 3.81. The van der Waals surface area contributed by atoms with Gasteiger partial charge in [-0.15, -0.1) is 0 Å². The topological polar surface area (TPSA) is 68.1 Å². The number of rotatable bonds is 4. The van der Waals surface area contributed by atoms with Gasteiger partial charge in [0.1, 0.15) is 5.82 Å². The summed E-state index contributed by atoms with van der Waals surface area (Å²) >= 11 is 6.24. The van der Waals surface area contributed by atoms with E-state index in [1.807, 2.05) is 0 Å². The van der Waals surface area contributed by atoms with Gasteiger partial charge in [-0.3, -0.25) is 0 Å². The Morgan fingerprint density at radius 3 is 2.52 bits per heavy atom. The van der Waals surface area contributed by atoms with Crippen LogP contribution in [0.25, 0.3) is 22.8 Å². The van der Waals surface area contributed by atoms with Gasteiger partial charge in [-0.05, 0) is 36.2 Å². The molecule has 3 rings (SSSR count). The normalized spacial score (nSPS) is 10.8. The minimum atomic E-state index is -0.348. The lowest BCUT2D eigenvalue weighted by Gasteiger charge is -2.09. The lowest BCUT2D eigenvalue weighted by molar-refractivity contribution is 0.282. The Hall–Kier alpha value is -2.57. The standard InChI is InChI=1S/C18H15ClFN3O2/c1-10-3-5-12(8-15(10)20)16-21-17(23-18(22-16)25-2)13-7-11(9-24)4-6-14(13)19/h3-8,24H,9H2,1-2H3. The van der Waals surface area contributed by atoms with Gasteiger partial charge >= 0.3 is 6.01 Å². The Bertz CT molecular complexity index is 934. The van der Waals surface area contributed by atoms with E-state index >= 15 is 0 Å². The second-order valence-corrected chi connectivity index (χ2v) is 5.81. The van der Waals surface area contributed by atoms with Crippen LogP contribution in [-0.2, 0) is 6.61 Å². The Labute approximate surface area is 149 Å². The SMILES string of the molecule is COc1nc(-c2ccc(C)c(F)c2)nc(-c2cc(CO)ccc2Cl)n1.